The second-order valence-electron chi connectivity index (χ2n) is 5.90. The number of rotatable bonds is 4. The molecule has 106 valence electrons. The van der Waals surface area contributed by atoms with E-state index >= 15 is 0 Å². The minimum absolute atomic E-state index is 0.136. The summed E-state index contributed by atoms with van der Waals surface area (Å²) in [5.74, 6) is 2.75. The number of ether oxygens (including phenoxy) is 1. The van der Waals surface area contributed by atoms with Crippen LogP contribution in [0.5, 0.6) is 5.88 Å². The van der Waals surface area contributed by atoms with Crippen LogP contribution in [0.25, 0.3) is 0 Å². The molecule has 0 bridgehead atoms. The lowest BCUT2D eigenvalue weighted by atomic mass is 9.78. The van der Waals surface area contributed by atoms with Crippen molar-refractivity contribution in [3.63, 3.8) is 0 Å². The van der Waals surface area contributed by atoms with Gasteiger partial charge in [0, 0.05) is 18.3 Å². The number of nitrogens with one attached hydrogen (secondary N) is 1. The molecule has 0 saturated heterocycles. The number of hydrogen-bond acceptors (Lipinski definition) is 4. The van der Waals surface area contributed by atoms with Gasteiger partial charge in [0.25, 0.3) is 0 Å². The average Bonchev–Trinajstić information content (AvgIpc) is 2.35. The lowest BCUT2D eigenvalue weighted by Crippen LogP contribution is -2.35. The minimum Gasteiger partial charge on any atom is -0.475 e. The SMILES string of the molecule is CC(C)Oc1ccnc(NC2CCCC(C)C2C)n1. The van der Waals surface area contributed by atoms with Gasteiger partial charge in [-0.1, -0.05) is 26.7 Å². The maximum Gasteiger partial charge on any atom is 0.226 e. The molecule has 3 unspecified atom stereocenters. The maximum absolute atomic E-state index is 5.60. The van der Waals surface area contributed by atoms with Crippen LogP contribution in [0.1, 0.15) is 47.0 Å². The first-order chi connectivity index (χ1) is 9.06. The molecule has 2 rings (SSSR count). The zero-order valence-electron chi connectivity index (χ0n) is 12.4. The predicted octanol–water partition coefficient (Wildman–Crippen LogP) is 3.50. The average molecular weight is 263 g/mol. The minimum atomic E-state index is 0.136. The molecule has 19 heavy (non-hydrogen) atoms. The number of aromatic nitrogens is 2. The third-order valence-corrected chi connectivity index (χ3v) is 4.01. The smallest absolute Gasteiger partial charge is 0.226 e. The van der Waals surface area contributed by atoms with E-state index in [2.05, 4.69) is 29.1 Å². The molecule has 1 N–H and O–H groups in total. The van der Waals surface area contributed by atoms with Gasteiger partial charge in [-0.25, -0.2) is 4.98 Å². The molecule has 0 amide bonds. The highest BCUT2D eigenvalue weighted by Crippen LogP contribution is 2.31. The van der Waals surface area contributed by atoms with Crippen molar-refractivity contribution in [1.29, 1.82) is 0 Å². The highest BCUT2D eigenvalue weighted by atomic mass is 16.5. The molecule has 4 nitrogen and oxygen atoms in total. The second-order valence-corrected chi connectivity index (χ2v) is 5.90. The van der Waals surface area contributed by atoms with Gasteiger partial charge in [0.15, 0.2) is 0 Å². The molecule has 0 radical (unpaired) electrons. The van der Waals surface area contributed by atoms with E-state index < -0.39 is 0 Å². The zero-order chi connectivity index (χ0) is 13.8. The molecule has 0 aromatic carbocycles. The van der Waals surface area contributed by atoms with E-state index in [9.17, 15) is 0 Å². The maximum atomic E-state index is 5.60. The molecule has 1 aromatic heterocycles. The summed E-state index contributed by atoms with van der Waals surface area (Å²) in [4.78, 5) is 8.72. The summed E-state index contributed by atoms with van der Waals surface area (Å²) in [7, 11) is 0. The number of nitrogens with zero attached hydrogens (tertiary/aromatic N) is 2. The van der Waals surface area contributed by atoms with E-state index in [1.54, 1.807) is 12.3 Å². The fourth-order valence-electron chi connectivity index (χ4n) is 2.67. The number of anilines is 1. The Labute approximate surface area is 116 Å². The van der Waals surface area contributed by atoms with Crippen LogP contribution in [-0.4, -0.2) is 22.1 Å². The van der Waals surface area contributed by atoms with Gasteiger partial charge in [-0.3, -0.25) is 0 Å². The Kier molecular flexibility index (Phi) is 4.61. The molecule has 1 saturated carbocycles. The van der Waals surface area contributed by atoms with Crippen LogP contribution < -0.4 is 10.1 Å². The largest absolute Gasteiger partial charge is 0.475 e. The molecule has 3 atom stereocenters. The van der Waals surface area contributed by atoms with Crippen molar-refractivity contribution in [3.05, 3.63) is 12.3 Å². The van der Waals surface area contributed by atoms with Gasteiger partial charge in [-0.15, -0.1) is 0 Å². The van der Waals surface area contributed by atoms with Crippen molar-refractivity contribution < 1.29 is 4.74 Å². The normalized spacial score (nSPS) is 27.3. The second kappa shape index (κ2) is 6.22. The van der Waals surface area contributed by atoms with Crippen LogP contribution >= 0.6 is 0 Å². The quantitative estimate of drug-likeness (QED) is 0.903. The fourth-order valence-corrected chi connectivity index (χ4v) is 2.67. The van der Waals surface area contributed by atoms with E-state index in [0.717, 1.165) is 5.92 Å². The van der Waals surface area contributed by atoms with E-state index in [1.165, 1.54) is 19.3 Å². The summed E-state index contributed by atoms with van der Waals surface area (Å²) < 4.78 is 5.60. The van der Waals surface area contributed by atoms with Gasteiger partial charge >= 0.3 is 0 Å². The molecule has 1 aromatic rings. The summed E-state index contributed by atoms with van der Waals surface area (Å²) in [5.41, 5.74) is 0. The molecule has 1 aliphatic carbocycles. The monoisotopic (exact) mass is 263 g/mol. The topological polar surface area (TPSA) is 47.0 Å². The summed E-state index contributed by atoms with van der Waals surface area (Å²) >= 11 is 0. The first kappa shape index (κ1) is 14.1. The van der Waals surface area contributed by atoms with Crippen molar-refractivity contribution >= 4 is 5.95 Å². The lowest BCUT2D eigenvalue weighted by Gasteiger charge is -2.34. The van der Waals surface area contributed by atoms with E-state index in [-0.39, 0.29) is 6.10 Å². The highest BCUT2D eigenvalue weighted by Gasteiger charge is 2.27. The Balaban J connectivity index is 2.02. The fraction of sp³-hybridized carbons (Fsp3) is 0.733. The first-order valence-corrected chi connectivity index (χ1v) is 7.32. The Bertz CT molecular complexity index is 408. The Morgan fingerprint density at radius 2 is 2.11 bits per heavy atom. The summed E-state index contributed by atoms with van der Waals surface area (Å²) in [6.45, 7) is 8.65. The molecule has 1 fully saturated rings. The third-order valence-electron chi connectivity index (χ3n) is 4.01. The summed E-state index contributed by atoms with van der Waals surface area (Å²) in [6.07, 6.45) is 5.70. The zero-order valence-corrected chi connectivity index (χ0v) is 12.4. The van der Waals surface area contributed by atoms with Crippen molar-refractivity contribution in [2.24, 2.45) is 11.8 Å². The predicted molar refractivity (Wildman–Crippen MR) is 77.4 cm³/mol. The molecule has 1 heterocycles. The van der Waals surface area contributed by atoms with Crippen molar-refractivity contribution in [2.75, 3.05) is 5.32 Å². The van der Waals surface area contributed by atoms with E-state index in [0.29, 0.717) is 23.8 Å². The van der Waals surface area contributed by atoms with Crippen LogP contribution in [0.15, 0.2) is 12.3 Å². The van der Waals surface area contributed by atoms with Gasteiger partial charge in [0.1, 0.15) is 0 Å². The van der Waals surface area contributed by atoms with Crippen LogP contribution in [0.2, 0.25) is 0 Å². The van der Waals surface area contributed by atoms with Gasteiger partial charge in [-0.2, -0.15) is 4.98 Å². The van der Waals surface area contributed by atoms with E-state index in [4.69, 9.17) is 4.74 Å². The molecule has 1 aliphatic rings. The Hall–Kier alpha value is -1.32. The van der Waals surface area contributed by atoms with Crippen LogP contribution in [-0.2, 0) is 0 Å². The lowest BCUT2D eigenvalue weighted by molar-refractivity contribution is 0.231. The Morgan fingerprint density at radius 3 is 2.84 bits per heavy atom. The van der Waals surface area contributed by atoms with Gasteiger partial charge in [-0.05, 0) is 32.1 Å². The summed E-state index contributed by atoms with van der Waals surface area (Å²) in [6, 6.07) is 2.27. The third kappa shape index (κ3) is 3.82. The molecular formula is C15H25N3O. The Morgan fingerprint density at radius 1 is 1.32 bits per heavy atom. The highest BCUT2D eigenvalue weighted by molar-refractivity contribution is 5.29. The van der Waals surface area contributed by atoms with Crippen LogP contribution in [0, 0.1) is 11.8 Å². The van der Waals surface area contributed by atoms with Crippen LogP contribution in [0.3, 0.4) is 0 Å². The molecule has 4 heteroatoms. The van der Waals surface area contributed by atoms with Crippen molar-refractivity contribution in [2.45, 2.75) is 59.1 Å². The van der Waals surface area contributed by atoms with Gasteiger partial charge < -0.3 is 10.1 Å². The first-order valence-electron chi connectivity index (χ1n) is 7.32. The van der Waals surface area contributed by atoms with Crippen LogP contribution in [0.4, 0.5) is 5.95 Å². The molecule has 0 aliphatic heterocycles. The summed E-state index contributed by atoms with van der Waals surface area (Å²) in [5, 5.41) is 3.47. The number of hydrogen-bond donors (Lipinski definition) is 1. The van der Waals surface area contributed by atoms with Crippen molar-refractivity contribution in [3.8, 4) is 5.88 Å². The van der Waals surface area contributed by atoms with Gasteiger partial charge in [0.2, 0.25) is 11.8 Å². The molecular weight excluding hydrogens is 238 g/mol. The standard InChI is InChI=1S/C15H25N3O/c1-10(2)19-14-8-9-16-15(18-14)17-13-7-5-6-11(3)12(13)4/h8-13H,5-7H2,1-4H3,(H,16,17,18). The van der Waals surface area contributed by atoms with Crippen molar-refractivity contribution in [1.82, 2.24) is 9.97 Å². The van der Waals surface area contributed by atoms with E-state index in [1.807, 2.05) is 13.8 Å². The van der Waals surface area contributed by atoms with Gasteiger partial charge in [0.05, 0.1) is 6.10 Å². The molecule has 0 spiro atoms.